The van der Waals surface area contributed by atoms with E-state index in [2.05, 4.69) is 68.5 Å². The van der Waals surface area contributed by atoms with Crippen molar-refractivity contribution in [2.45, 2.75) is 32.7 Å². The number of imidazole rings is 1. The number of hydrogen-bond donors (Lipinski definition) is 1. The molecule has 174 valence electrons. The second kappa shape index (κ2) is 10.5. The predicted octanol–water partition coefficient (Wildman–Crippen LogP) is 5.70. The number of fused-ring (bicyclic) bond motifs is 1. The Morgan fingerprint density at radius 1 is 0.941 bits per heavy atom. The molecule has 8 heteroatoms. The highest BCUT2D eigenvalue weighted by molar-refractivity contribution is 5.85. The number of halogens is 1. The molecular formula is C26H27ClN6O. The summed E-state index contributed by atoms with van der Waals surface area (Å²) in [6.07, 6.45) is 3.19. The summed E-state index contributed by atoms with van der Waals surface area (Å²) in [4.78, 5) is 4.92. The van der Waals surface area contributed by atoms with E-state index in [1.807, 2.05) is 30.3 Å². The van der Waals surface area contributed by atoms with Gasteiger partial charge in [-0.15, -0.1) is 17.5 Å². The highest BCUT2D eigenvalue weighted by Crippen LogP contribution is 2.31. The first-order valence-corrected chi connectivity index (χ1v) is 11.2. The van der Waals surface area contributed by atoms with Gasteiger partial charge in [0, 0.05) is 18.5 Å². The number of ether oxygens (including phenoxy) is 1. The van der Waals surface area contributed by atoms with Crippen molar-refractivity contribution >= 4 is 23.4 Å². The smallest absolute Gasteiger partial charge is 0.180 e. The van der Waals surface area contributed by atoms with Gasteiger partial charge in [-0.3, -0.25) is 0 Å². The number of hydrogen-bond acceptors (Lipinski definition) is 5. The van der Waals surface area contributed by atoms with Crippen molar-refractivity contribution in [3.8, 4) is 28.3 Å². The molecule has 0 saturated heterocycles. The third-order valence-electron chi connectivity index (χ3n) is 5.92. The SMILES string of the molecule is CCCCc1nc2cccc(OC)c2n1Cc1ccc(-c2ccccc2-c2nnn[nH]2)cc1.Cl. The summed E-state index contributed by atoms with van der Waals surface area (Å²) >= 11 is 0. The molecule has 2 heterocycles. The molecule has 0 unspecified atom stereocenters. The number of benzene rings is 3. The van der Waals surface area contributed by atoms with E-state index in [0.29, 0.717) is 5.82 Å². The standard InChI is InChI=1S/C26H26N6O.ClH/c1-3-4-12-24-27-22-10-7-11-23(33-2)25(22)32(24)17-18-13-15-19(16-14-18)20-8-5-6-9-21(20)26-28-30-31-29-26;/h5-11,13-16H,3-4,12,17H2,1-2H3,(H,28,29,30,31);1H. The van der Waals surface area contributed by atoms with E-state index in [-0.39, 0.29) is 12.4 Å². The number of aryl methyl sites for hydroxylation is 1. The number of H-pyrrole nitrogens is 1. The van der Waals surface area contributed by atoms with Gasteiger partial charge in [-0.25, -0.2) is 10.1 Å². The van der Waals surface area contributed by atoms with Gasteiger partial charge in [0.2, 0.25) is 0 Å². The van der Waals surface area contributed by atoms with Gasteiger partial charge in [0.25, 0.3) is 0 Å². The highest BCUT2D eigenvalue weighted by atomic mass is 35.5. The van der Waals surface area contributed by atoms with Crippen molar-refractivity contribution in [1.82, 2.24) is 30.2 Å². The van der Waals surface area contributed by atoms with Crippen molar-refractivity contribution in [3.63, 3.8) is 0 Å². The molecule has 0 aliphatic heterocycles. The molecule has 0 fully saturated rings. The van der Waals surface area contributed by atoms with Crippen LogP contribution in [0.1, 0.15) is 31.2 Å². The zero-order valence-corrected chi connectivity index (χ0v) is 20.0. The second-order valence-corrected chi connectivity index (χ2v) is 8.04. The van der Waals surface area contributed by atoms with E-state index < -0.39 is 0 Å². The minimum Gasteiger partial charge on any atom is -0.494 e. The molecule has 5 aromatic rings. The number of nitrogens with zero attached hydrogens (tertiary/aromatic N) is 5. The van der Waals surface area contributed by atoms with Crippen LogP contribution in [0, 0.1) is 0 Å². The van der Waals surface area contributed by atoms with Crippen molar-refractivity contribution in [3.05, 3.63) is 78.1 Å². The number of para-hydroxylation sites is 1. The van der Waals surface area contributed by atoms with Crippen LogP contribution in [0.4, 0.5) is 0 Å². The fourth-order valence-electron chi connectivity index (χ4n) is 4.25. The molecule has 0 saturated carbocycles. The average molecular weight is 475 g/mol. The van der Waals surface area contributed by atoms with E-state index in [9.17, 15) is 0 Å². The molecule has 0 aliphatic carbocycles. The summed E-state index contributed by atoms with van der Waals surface area (Å²) in [5.74, 6) is 2.62. The van der Waals surface area contributed by atoms with Crippen LogP contribution in [0.2, 0.25) is 0 Å². The van der Waals surface area contributed by atoms with E-state index >= 15 is 0 Å². The Labute approximate surface area is 204 Å². The Balaban J connectivity index is 0.00000274. The Morgan fingerprint density at radius 2 is 1.74 bits per heavy atom. The molecule has 0 radical (unpaired) electrons. The quantitative estimate of drug-likeness (QED) is 0.311. The highest BCUT2D eigenvalue weighted by Gasteiger charge is 2.15. The van der Waals surface area contributed by atoms with E-state index in [0.717, 1.165) is 65.1 Å². The number of tetrazole rings is 1. The fraction of sp³-hybridized carbons (Fsp3) is 0.231. The monoisotopic (exact) mass is 474 g/mol. The number of methoxy groups -OCH3 is 1. The number of aromatic nitrogens is 6. The molecule has 0 atom stereocenters. The number of aromatic amines is 1. The summed E-state index contributed by atoms with van der Waals surface area (Å²) in [6.45, 7) is 2.95. The molecule has 7 nitrogen and oxygen atoms in total. The molecule has 1 N–H and O–H groups in total. The van der Waals surface area contributed by atoms with Gasteiger partial charge in [0.05, 0.1) is 12.6 Å². The number of nitrogens with one attached hydrogen (secondary N) is 1. The molecule has 3 aromatic carbocycles. The first-order valence-electron chi connectivity index (χ1n) is 11.2. The van der Waals surface area contributed by atoms with Gasteiger partial charge >= 0.3 is 0 Å². The summed E-state index contributed by atoms with van der Waals surface area (Å²) in [5.41, 5.74) is 6.42. The van der Waals surface area contributed by atoms with Crippen LogP contribution in [0.3, 0.4) is 0 Å². The van der Waals surface area contributed by atoms with Crippen LogP contribution in [0.5, 0.6) is 5.75 Å². The van der Waals surface area contributed by atoms with E-state index in [1.165, 1.54) is 5.56 Å². The largest absolute Gasteiger partial charge is 0.494 e. The maximum Gasteiger partial charge on any atom is 0.180 e. The van der Waals surface area contributed by atoms with Crippen LogP contribution in [-0.2, 0) is 13.0 Å². The van der Waals surface area contributed by atoms with Gasteiger partial charge in [-0.2, -0.15) is 0 Å². The van der Waals surface area contributed by atoms with Gasteiger partial charge in [0.1, 0.15) is 17.1 Å². The molecule has 34 heavy (non-hydrogen) atoms. The number of rotatable bonds is 8. The third-order valence-corrected chi connectivity index (χ3v) is 5.92. The lowest BCUT2D eigenvalue weighted by Crippen LogP contribution is -2.06. The lowest BCUT2D eigenvalue weighted by Gasteiger charge is -2.13. The zero-order valence-electron chi connectivity index (χ0n) is 19.2. The molecule has 0 spiro atoms. The summed E-state index contributed by atoms with van der Waals surface area (Å²) in [6, 6.07) is 22.8. The second-order valence-electron chi connectivity index (χ2n) is 8.04. The maximum atomic E-state index is 5.67. The molecule has 5 rings (SSSR count). The Morgan fingerprint density at radius 3 is 2.44 bits per heavy atom. The normalized spacial score (nSPS) is 10.9. The number of unbranched alkanes of at least 4 members (excludes halogenated alkanes) is 1. The minimum atomic E-state index is 0. The van der Waals surface area contributed by atoms with Crippen LogP contribution in [0.15, 0.2) is 66.7 Å². The third kappa shape index (κ3) is 4.52. The van der Waals surface area contributed by atoms with Gasteiger partial charge in [-0.1, -0.05) is 67.9 Å². The predicted molar refractivity (Wildman–Crippen MR) is 136 cm³/mol. The van der Waals surface area contributed by atoms with Crippen molar-refractivity contribution in [2.75, 3.05) is 7.11 Å². The van der Waals surface area contributed by atoms with Gasteiger partial charge < -0.3 is 9.30 Å². The first kappa shape index (κ1) is 23.4. The fourth-order valence-corrected chi connectivity index (χ4v) is 4.25. The lowest BCUT2D eigenvalue weighted by molar-refractivity contribution is 0.417. The zero-order chi connectivity index (χ0) is 22.6. The van der Waals surface area contributed by atoms with Gasteiger partial charge in [-0.05, 0) is 45.7 Å². The van der Waals surface area contributed by atoms with Gasteiger partial charge in [0.15, 0.2) is 5.82 Å². The molecule has 0 bridgehead atoms. The maximum absolute atomic E-state index is 5.67. The van der Waals surface area contributed by atoms with Crippen LogP contribution in [-0.4, -0.2) is 37.3 Å². The average Bonchev–Trinajstić information content (AvgIpc) is 3.52. The Hall–Kier alpha value is -3.71. The Bertz CT molecular complexity index is 1360. The summed E-state index contributed by atoms with van der Waals surface area (Å²) in [5, 5.41) is 14.4. The van der Waals surface area contributed by atoms with Crippen LogP contribution < -0.4 is 4.74 Å². The van der Waals surface area contributed by atoms with E-state index in [4.69, 9.17) is 9.72 Å². The minimum absolute atomic E-state index is 0. The van der Waals surface area contributed by atoms with E-state index in [1.54, 1.807) is 7.11 Å². The molecular weight excluding hydrogens is 448 g/mol. The molecule has 0 aliphatic rings. The molecule has 2 aromatic heterocycles. The van der Waals surface area contributed by atoms with Crippen LogP contribution in [0.25, 0.3) is 33.5 Å². The topological polar surface area (TPSA) is 81.5 Å². The first-order chi connectivity index (χ1) is 16.3. The van der Waals surface area contributed by atoms with Crippen LogP contribution >= 0.6 is 12.4 Å². The van der Waals surface area contributed by atoms with Crippen molar-refractivity contribution in [1.29, 1.82) is 0 Å². The molecule has 0 amide bonds. The summed E-state index contributed by atoms with van der Waals surface area (Å²) < 4.78 is 7.97. The van der Waals surface area contributed by atoms with Crippen molar-refractivity contribution < 1.29 is 4.74 Å². The van der Waals surface area contributed by atoms with Crippen molar-refractivity contribution in [2.24, 2.45) is 0 Å². The summed E-state index contributed by atoms with van der Waals surface area (Å²) in [7, 11) is 1.72. The lowest BCUT2D eigenvalue weighted by atomic mass is 9.98. The Kier molecular flexibility index (Phi) is 7.23.